The van der Waals surface area contributed by atoms with E-state index in [1.54, 1.807) is 0 Å². The summed E-state index contributed by atoms with van der Waals surface area (Å²) >= 11 is 0. The van der Waals surface area contributed by atoms with Crippen LogP contribution in [0, 0.1) is 19.9 Å². The normalized spacial score (nSPS) is 10.7. The highest BCUT2D eigenvalue weighted by molar-refractivity contribution is 5.09. The average Bonchev–Trinajstić information content (AvgIpc) is 2.72. The second kappa shape index (κ2) is 3.74. The van der Waals surface area contributed by atoms with Gasteiger partial charge in [0.2, 0.25) is 0 Å². The van der Waals surface area contributed by atoms with E-state index in [1.165, 1.54) is 0 Å². The van der Waals surface area contributed by atoms with E-state index in [0.717, 1.165) is 35.9 Å². The molecule has 0 amide bonds. The summed E-state index contributed by atoms with van der Waals surface area (Å²) in [5.74, 6) is 3.78. The zero-order chi connectivity index (χ0) is 9.97. The van der Waals surface area contributed by atoms with Gasteiger partial charge >= 0.3 is 0 Å². The molecule has 0 aliphatic heterocycles. The molecule has 73 valence electrons. The van der Waals surface area contributed by atoms with Crippen molar-refractivity contribution in [3.05, 3.63) is 47.3 Å². The molecule has 0 unspecified atom stereocenters. The minimum absolute atomic E-state index is 0.843. The van der Waals surface area contributed by atoms with E-state index >= 15 is 0 Å². The highest BCUT2D eigenvalue weighted by atomic mass is 16.3. The number of hydrogen-bond acceptors (Lipinski definition) is 2. The van der Waals surface area contributed by atoms with E-state index in [1.807, 2.05) is 32.0 Å². The Morgan fingerprint density at radius 2 is 1.86 bits per heavy atom. The van der Waals surface area contributed by atoms with E-state index in [-0.39, 0.29) is 0 Å². The van der Waals surface area contributed by atoms with Gasteiger partial charge in [-0.25, -0.2) is 0 Å². The summed E-state index contributed by atoms with van der Waals surface area (Å²) in [6.45, 7) is 3.86. The maximum Gasteiger partial charge on any atom is 0.109 e. The number of rotatable bonds is 3. The molecule has 2 nitrogen and oxygen atoms in total. The molecular formula is C12H13O2. The molecule has 0 spiro atoms. The van der Waals surface area contributed by atoms with Crippen molar-refractivity contribution >= 4 is 0 Å². The van der Waals surface area contributed by atoms with Crippen LogP contribution in [-0.4, -0.2) is 0 Å². The molecule has 14 heavy (non-hydrogen) atoms. The number of hydrogen-bond donors (Lipinski definition) is 0. The zero-order valence-electron chi connectivity index (χ0n) is 8.46. The quantitative estimate of drug-likeness (QED) is 0.741. The Bertz CT molecular complexity index is 369. The van der Waals surface area contributed by atoms with E-state index < -0.39 is 0 Å². The average molecular weight is 189 g/mol. The fourth-order valence-corrected chi connectivity index (χ4v) is 1.43. The first kappa shape index (κ1) is 9.13. The van der Waals surface area contributed by atoms with Crippen LogP contribution in [0.15, 0.2) is 27.0 Å². The molecule has 0 saturated carbocycles. The molecule has 0 atom stereocenters. The monoisotopic (exact) mass is 189 g/mol. The molecule has 2 aromatic heterocycles. The van der Waals surface area contributed by atoms with Crippen LogP contribution < -0.4 is 0 Å². The van der Waals surface area contributed by atoms with Crippen LogP contribution >= 0.6 is 0 Å². The third-order valence-corrected chi connectivity index (χ3v) is 2.13. The molecule has 0 aliphatic carbocycles. The van der Waals surface area contributed by atoms with E-state index in [2.05, 4.69) is 6.07 Å². The summed E-state index contributed by atoms with van der Waals surface area (Å²) in [5, 5.41) is 0. The molecule has 0 saturated heterocycles. The SMILES string of the molecule is Cc1[c]cc(CCc2ccc(C)o2)o1. The Balaban J connectivity index is 1.94. The Morgan fingerprint density at radius 3 is 2.43 bits per heavy atom. The van der Waals surface area contributed by atoms with Gasteiger partial charge in [-0.2, -0.15) is 0 Å². The van der Waals surface area contributed by atoms with Crippen molar-refractivity contribution in [3.63, 3.8) is 0 Å². The lowest BCUT2D eigenvalue weighted by atomic mass is 10.2. The number of aryl methyl sites for hydroxylation is 4. The second-order valence-corrected chi connectivity index (χ2v) is 3.43. The molecule has 0 N–H and O–H groups in total. The Kier molecular flexibility index (Phi) is 2.44. The highest BCUT2D eigenvalue weighted by Gasteiger charge is 2.02. The van der Waals surface area contributed by atoms with Gasteiger partial charge in [-0.05, 0) is 32.0 Å². The van der Waals surface area contributed by atoms with Crippen molar-refractivity contribution in [1.82, 2.24) is 0 Å². The van der Waals surface area contributed by atoms with Crippen LogP contribution in [-0.2, 0) is 12.8 Å². The maximum absolute atomic E-state index is 5.46. The summed E-state index contributed by atoms with van der Waals surface area (Å²) in [6, 6.07) is 8.90. The van der Waals surface area contributed by atoms with Crippen LogP contribution in [0.25, 0.3) is 0 Å². The van der Waals surface area contributed by atoms with Gasteiger partial charge in [-0.15, -0.1) is 0 Å². The first-order chi connectivity index (χ1) is 6.74. The van der Waals surface area contributed by atoms with E-state index in [9.17, 15) is 0 Å². The molecular weight excluding hydrogens is 176 g/mol. The molecule has 0 aliphatic rings. The molecule has 2 heteroatoms. The second-order valence-electron chi connectivity index (χ2n) is 3.43. The first-order valence-electron chi connectivity index (χ1n) is 4.76. The molecule has 2 aromatic rings. The van der Waals surface area contributed by atoms with Crippen LogP contribution in [0.1, 0.15) is 23.0 Å². The summed E-state index contributed by atoms with van der Waals surface area (Å²) in [5.41, 5.74) is 0. The number of furan rings is 2. The highest BCUT2D eigenvalue weighted by Crippen LogP contribution is 2.12. The summed E-state index contributed by atoms with van der Waals surface area (Å²) in [6.07, 6.45) is 1.76. The fourth-order valence-electron chi connectivity index (χ4n) is 1.43. The minimum atomic E-state index is 0.843. The van der Waals surface area contributed by atoms with E-state index in [4.69, 9.17) is 8.83 Å². The first-order valence-corrected chi connectivity index (χ1v) is 4.76. The lowest BCUT2D eigenvalue weighted by Crippen LogP contribution is -1.86. The van der Waals surface area contributed by atoms with Gasteiger partial charge in [0.1, 0.15) is 23.0 Å². The van der Waals surface area contributed by atoms with Crippen molar-refractivity contribution in [2.45, 2.75) is 26.7 Å². The van der Waals surface area contributed by atoms with Gasteiger partial charge in [-0.1, -0.05) is 0 Å². The third-order valence-electron chi connectivity index (χ3n) is 2.13. The lowest BCUT2D eigenvalue weighted by molar-refractivity contribution is 0.452. The van der Waals surface area contributed by atoms with Crippen LogP contribution in [0.2, 0.25) is 0 Å². The van der Waals surface area contributed by atoms with Crippen molar-refractivity contribution in [2.75, 3.05) is 0 Å². The maximum atomic E-state index is 5.46. The van der Waals surface area contributed by atoms with E-state index in [0.29, 0.717) is 0 Å². The van der Waals surface area contributed by atoms with Crippen molar-refractivity contribution in [1.29, 1.82) is 0 Å². The molecule has 2 rings (SSSR count). The van der Waals surface area contributed by atoms with Crippen LogP contribution in [0.3, 0.4) is 0 Å². The zero-order valence-corrected chi connectivity index (χ0v) is 8.46. The predicted molar refractivity (Wildman–Crippen MR) is 53.1 cm³/mol. The topological polar surface area (TPSA) is 26.3 Å². The largest absolute Gasteiger partial charge is 0.466 e. The molecule has 0 bridgehead atoms. The Hall–Kier alpha value is -1.44. The van der Waals surface area contributed by atoms with Crippen molar-refractivity contribution in [3.8, 4) is 0 Å². The molecule has 1 radical (unpaired) electrons. The van der Waals surface area contributed by atoms with Gasteiger partial charge in [0, 0.05) is 18.9 Å². The van der Waals surface area contributed by atoms with Gasteiger partial charge in [-0.3, -0.25) is 0 Å². The molecule has 0 aromatic carbocycles. The van der Waals surface area contributed by atoms with Crippen molar-refractivity contribution < 1.29 is 8.83 Å². The third kappa shape index (κ3) is 2.08. The van der Waals surface area contributed by atoms with Crippen LogP contribution in [0.5, 0.6) is 0 Å². The summed E-state index contributed by atoms with van der Waals surface area (Å²) < 4.78 is 10.9. The Morgan fingerprint density at radius 1 is 1.07 bits per heavy atom. The van der Waals surface area contributed by atoms with Gasteiger partial charge in [0.25, 0.3) is 0 Å². The fraction of sp³-hybridized carbons (Fsp3) is 0.333. The smallest absolute Gasteiger partial charge is 0.109 e. The molecule has 2 heterocycles. The van der Waals surface area contributed by atoms with Gasteiger partial charge < -0.3 is 8.83 Å². The van der Waals surface area contributed by atoms with Gasteiger partial charge in [0.15, 0.2) is 0 Å². The summed E-state index contributed by atoms with van der Waals surface area (Å²) in [4.78, 5) is 0. The lowest BCUT2D eigenvalue weighted by Gasteiger charge is -1.94. The summed E-state index contributed by atoms with van der Waals surface area (Å²) in [7, 11) is 0. The van der Waals surface area contributed by atoms with Crippen molar-refractivity contribution in [2.24, 2.45) is 0 Å². The standard InChI is InChI=1S/C12H13O2/c1-9-3-5-11(13-9)7-8-12-6-4-10(2)14-12/h3,5-6H,7-8H2,1-2H3. The van der Waals surface area contributed by atoms with Gasteiger partial charge in [0.05, 0.1) is 0 Å². The van der Waals surface area contributed by atoms with Crippen LogP contribution in [0.4, 0.5) is 0 Å². The molecule has 0 fully saturated rings. The predicted octanol–water partition coefficient (Wildman–Crippen LogP) is 3.07. The Labute approximate surface area is 83.5 Å². The minimum Gasteiger partial charge on any atom is -0.466 e.